The van der Waals surface area contributed by atoms with Gasteiger partial charge in [-0.25, -0.2) is 5.43 Å². The van der Waals surface area contributed by atoms with Crippen LogP contribution in [0.5, 0.6) is 5.75 Å². The normalized spacial score (nSPS) is 11.4. The Balaban J connectivity index is 1.75. The summed E-state index contributed by atoms with van der Waals surface area (Å²) in [5, 5.41) is 23.1. The first-order valence-corrected chi connectivity index (χ1v) is 8.89. The topological polar surface area (TPSA) is 75.3 Å². The molecule has 0 saturated carbocycles. The summed E-state index contributed by atoms with van der Waals surface area (Å²) < 4.78 is 1.91. The summed E-state index contributed by atoms with van der Waals surface area (Å²) in [6.45, 7) is 1.82. The fraction of sp³-hybridized carbons (Fsp3) is 0.0455. The van der Waals surface area contributed by atoms with E-state index >= 15 is 0 Å². The number of nitrogens with one attached hydrogen (secondary N) is 1. The zero-order chi connectivity index (χ0) is 19.3. The standard InChI is InChI=1S/C22H19N5O/c1-16(19-14-8-9-15-20(19)28)23-25-22-26-24-21(17-10-4-2-5-11-17)27(22)18-12-6-3-7-13-18/h2-15,28H,1H3,(H,25,26). The van der Waals surface area contributed by atoms with E-state index in [1.54, 1.807) is 12.1 Å². The van der Waals surface area contributed by atoms with Crippen LogP contribution < -0.4 is 5.43 Å². The zero-order valence-electron chi connectivity index (χ0n) is 15.3. The van der Waals surface area contributed by atoms with Crippen LogP contribution in [0.1, 0.15) is 12.5 Å². The lowest BCUT2D eigenvalue weighted by atomic mass is 10.1. The summed E-state index contributed by atoms with van der Waals surface area (Å²) in [4.78, 5) is 0. The van der Waals surface area contributed by atoms with Crippen LogP contribution in [0.25, 0.3) is 17.1 Å². The van der Waals surface area contributed by atoms with Crippen LogP contribution in [0.15, 0.2) is 90.0 Å². The van der Waals surface area contributed by atoms with Crippen molar-refractivity contribution in [3.05, 3.63) is 90.5 Å². The van der Waals surface area contributed by atoms with Crippen molar-refractivity contribution in [2.75, 3.05) is 5.43 Å². The van der Waals surface area contributed by atoms with E-state index in [9.17, 15) is 5.11 Å². The highest BCUT2D eigenvalue weighted by molar-refractivity contribution is 6.01. The van der Waals surface area contributed by atoms with Gasteiger partial charge in [0.15, 0.2) is 5.82 Å². The van der Waals surface area contributed by atoms with Gasteiger partial charge >= 0.3 is 0 Å². The SMILES string of the molecule is CC(=NNc1nnc(-c2ccccc2)n1-c1ccccc1)c1ccccc1O. The molecule has 0 fully saturated rings. The lowest BCUT2D eigenvalue weighted by Gasteiger charge is -2.10. The number of aromatic hydroxyl groups is 1. The lowest BCUT2D eigenvalue weighted by Crippen LogP contribution is -2.06. The molecule has 6 nitrogen and oxygen atoms in total. The van der Waals surface area contributed by atoms with Crippen molar-refractivity contribution in [3.8, 4) is 22.8 Å². The molecule has 1 aromatic heterocycles. The highest BCUT2D eigenvalue weighted by Crippen LogP contribution is 2.25. The van der Waals surface area contributed by atoms with Gasteiger partial charge in [0.25, 0.3) is 0 Å². The van der Waals surface area contributed by atoms with Crippen LogP contribution in [0.4, 0.5) is 5.95 Å². The Morgan fingerprint density at radius 2 is 1.50 bits per heavy atom. The Hall–Kier alpha value is -3.93. The molecule has 0 aliphatic heterocycles. The van der Waals surface area contributed by atoms with E-state index in [-0.39, 0.29) is 5.75 Å². The van der Waals surface area contributed by atoms with Crippen molar-refractivity contribution in [1.29, 1.82) is 0 Å². The molecule has 3 aromatic carbocycles. The second kappa shape index (κ2) is 7.75. The van der Waals surface area contributed by atoms with Gasteiger partial charge in [-0.1, -0.05) is 60.7 Å². The molecule has 0 atom stereocenters. The van der Waals surface area contributed by atoms with Gasteiger partial charge in [0.1, 0.15) is 5.75 Å². The van der Waals surface area contributed by atoms with Crippen LogP contribution in [0.3, 0.4) is 0 Å². The van der Waals surface area contributed by atoms with Crippen molar-refractivity contribution >= 4 is 11.7 Å². The van der Waals surface area contributed by atoms with Crippen molar-refractivity contribution in [2.45, 2.75) is 6.92 Å². The highest BCUT2D eigenvalue weighted by atomic mass is 16.3. The van der Waals surface area contributed by atoms with Crippen molar-refractivity contribution in [3.63, 3.8) is 0 Å². The third-order valence-corrected chi connectivity index (χ3v) is 4.33. The number of phenolic OH excluding ortho intramolecular Hbond substituents is 1. The van der Waals surface area contributed by atoms with Gasteiger partial charge in [0.05, 0.1) is 11.4 Å². The van der Waals surface area contributed by atoms with Gasteiger partial charge in [-0.05, 0) is 31.2 Å². The number of rotatable bonds is 5. The molecule has 0 bridgehead atoms. The highest BCUT2D eigenvalue weighted by Gasteiger charge is 2.15. The first kappa shape index (κ1) is 17.5. The Morgan fingerprint density at radius 3 is 2.21 bits per heavy atom. The molecule has 0 radical (unpaired) electrons. The van der Waals surface area contributed by atoms with Crippen molar-refractivity contribution < 1.29 is 5.11 Å². The predicted octanol–water partition coefficient (Wildman–Crippen LogP) is 4.48. The lowest BCUT2D eigenvalue weighted by molar-refractivity contribution is 0.474. The van der Waals surface area contributed by atoms with E-state index < -0.39 is 0 Å². The van der Waals surface area contributed by atoms with E-state index in [2.05, 4.69) is 20.7 Å². The number of hydrogen-bond donors (Lipinski definition) is 2. The molecule has 2 N–H and O–H groups in total. The summed E-state index contributed by atoms with van der Waals surface area (Å²) in [5.41, 5.74) is 6.16. The predicted molar refractivity (Wildman–Crippen MR) is 111 cm³/mol. The largest absolute Gasteiger partial charge is 0.507 e. The summed E-state index contributed by atoms with van der Waals surface area (Å²) in [6.07, 6.45) is 0. The minimum Gasteiger partial charge on any atom is -0.507 e. The summed E-state index contributed by atoms with van der Waals surface area (Å²) >= 11 is 0. The second-order valence-electron chi connectivity index (χ2n) is 6.21. The average molecular weight is 369 g/mol. The van der Waals surface area contributed by atoms with Crippen LogP contribution in [-0.4, -0.2) is 25.6 Å². The molecule has 0 spiro atoms. The summed E-state index contributed by atoms with van der Waals surface area (Å²) in [6, 6.07) is 26.8. The molecule has 6 heteroatoms. The maximum absolute atomic E-state index is 10.0. The Morgan fingerprint density at radius 1 is 0.857 bits per heavy atom. The fourth-order valence-electron chi connectivity index (χ4n) is 2.93. The zero-order valence-corrected chi connectivity index (χ0v) is 15.3. The molecule has 0 amide bonds. The Bertz CT molecular complexity index is 1100. The van der Waals surface area contributed by atoms with Gasteiger partial charge in [-0.15, -0.1) is 10.2 Å². The number of hydrazone groups is 1. The van der Waals surface area contributed by atoms with Gasteiger partial charge in [-0.3, -0.25) is 4.57 Å². The summed E-state index contributed by atoms with van der Waals surface area (Å²) in [7, 11) is 0. The van der Waals surface area contributed by atoms with Gasteiger partial charge in [0.2, 0.25) is 5.95 Å². The maximum Gasteiger partial charge on any atom is 0.250 e. The van der Waals surface area contributed by atoms with E-state index in [4.69, 9.17) is 0 Å². The van der Waals surface area contributed by atoms with E-state index in [1.807, 2.05) is 84.3 Å². The van der Waals surface area contributed by atoms with E-state index in [1.165, 1.54) is 0 Å². The fourth-order valence-corrected chi connectivity index (χ4v) is 2.93. The minimum atomic E-state index is 0.181. The quantitative estimate of drug-likeness (QED) is 0.402. The minimum absolute atomic E-state index is 0.181. The second-order valence-corrected chi connectivity index (χ2v) is 6.21. The van der Waals surface area contributed by atoms with Crippen LogP contribution >= 0.6 is 0 Å². The number of anilines is 1. The van der Waals surface area contributed by atoms with E-state index in [0.29, 0.717) is 23.0 Å². The third-order valence-electron chi connectivity index (χ3n) is 4.33. The number of hydrogen-bond acceptors (Lipinski definition) is 5. The van der Waals surface area contributed by atoms with Crippen LogP contribution in [-0.2, 0) is 0 Å². The van der Waals surface area contributed by atoms with Crippen molar-refractivity contribution in [1.82, 2.24) is 14.8 Å². The van der Waals surface area contributed by atoms with Gasteiger partial charge in [0, 0.05) is 11.1 Å². The first-order valence-electron chi connectivity index (χ1n) is 8.89. The Kier molecular flexibility index (Phi) is 4.84. The Labute approximate surface area is 162 Å². The smallest absolute Gasteiger partial charge is 0.250 e. The van der Waals surface area contributed by atoms with Gasteiger partial charge in [-0.2, -0.15) is 5.10 Å². The van der Waals surface area contributed by atoms with E-state index in [0.717, 1.165) is 11.3 Å². The molecule has 0 unspecified atom stereocenters. The molecule has 4 aromatic rings. The summed E-state index contributed by atoms with van der Waals surface area (Å²) in [5.74, 6) is 1.38. The number of para-hydroxylation sites is 2. The van der Waals surface area contributed by atoms with Crippen molar-refractivity contribution in [2.24, 2.45) is 5.10 Å². The van der Waals surface area contributed by atoms with Crippen LogP contribution in [0.2, 0.25) is 0 Å². The average Bonchev–Trinajstić information content (AvgIpc) is 3.17. The number of aromatic nitrogens is 3. The molecule has 0 saturated heterocycles. The first-order chi connectivity index (χ1) is 13.7. The third kappa shape index (κ3) is 3.48. The molecule has 4 rings (SSSR count). The molecule has 1 heterocycles. The number of phenols is 1. The molecular formula is C22H19N5O. The molecular weight excluding hydrogens is 350 g/mol. The number of benzene rings is 3. The molecule has 0 aliphatic carbocycles. The van der Waals surface area contributed by atoms with Crippen LogP contribution in [0, 0.1) is 0 Å². The monoisotopic (exact) mass is 369 g/mol. The number of nitrogens with zero attached hydrogens (tertiary/aromatic N) is 4. The maximum atomic E-state index is 10.0. The molecule has 0 aliphatic rings. The molecule has 28 heavy (non-hydrogen) atoms. The van der Waals surface area contributed by atoms with Gasteiger partial charge < -0.3 is 5.11 Å². The molecule has 138 valence electrons.